The third-order valence-electron chi connectivity index (χ3n) is 16.6. The molecular weight excluding hydrogens is 604 g/mol. The normalized spacial score (nSPS) is 62.8. The van der Waals surface area contributed by atoms with Crippen molar-refractivity contribution < 1.29 is 48.5 Å². The van der Waals surface area contributed by atoms with E-state index in [1.165, 1.54) is 0 Å². The van der Waals surface area contributed by atoms with Crippen molar-refractivity contribution in [2.45, 2.75) is 160 Å². The molecule has 9 aliphatic rings. The van der Waals surface area contributed by atoms with Crippen molar-refractivity contribution >= 4 is 5.97 Å². The van der Waals surface area contributed by atoms with Gasteiger partial charge < -0.3 is 43.7 Å². The predicted octanol–water partition coefficient (Wildman–Crippen LogP) is 3.71. The molecule has 4 saturated heterocycles. The first kappa shape index (κ1) is 32.1. The van der Waals surface area contributed by atoms with Crippen LogP contribution in [0.1, 0.15) is 99.8 Å². The van der Waals surface area contributed by atoms with Crippen LogP contribution in [0.2, 0.25) is 0 Å². The van der Waals surface area contributed by atoms with E-state index in [1.807, 2.05) is 0 Å². The third kappa shape index (κ3) is 3.78. The molecule has 4 unspecified atom stereocenters. The van der Waals surface area contributed by atoms with E-state index in [0.717, 1.165) is 51.4 Å². The van der Waals surface area contributed by atoms with Gasteiger partial charge in [0.25, 0.3) is 0 Å². The first-order valence-corrected chi connectivity index (χ1v) is 18.5. The number of carbonyl (C=O) groups excluding carboxylic acids is 1. The van der Waals surface area contributed by atoms with Crippen molar-refractivity contribution in [3.05, 3.63) is 0 Å². The van der Waals surface area contributed by atoms with Crippen LogP contribution in [0.5, 0.6) is 0 Å². The van der Waals surface area contributed by atoms with Crippen molar-refractivity contribution in [3.63, 3.8) is 0 Å². The number of carbonyl (C=O) groups is 1. The van der Waals surface area contributed by atoms with Gasteiger partial charge in [-0.3, -0.25) is 4.79 Å². The number of epoxide rings is 1. The highest BCUT2D eigenvalue weighted by Gasteiger charge is 2.86. The second-order valence-electron chi connectivity index (χ2n) is 18.9. The summed E-state index contributed by atoms with van der Waals surface area (Å²) in [5.41, 5.74) is -0.492. The van der Waals surface area contributed by atoms with Crippen molar-refractivity contribution in [2.75, 3.05) is 13.2 Å². The SMILES string of the molecule is CC(=O)O[C@@H]1C[C@@]23C[C@@]24CC[C@H](O[C@@H]2OC[C@@H](O)[C@H](O)[C@H]2O)C(C)(C)[C@@H]4CC[C@H]3[C@]2(C)CC3OC4(C[C@@H](C)[C@@H]3[C@@]12C)OCC1(C)OC14. The lowest BCUT2D eigenvalue weighted by Gasteiger charge is -2.65. The fourth-order valence-corrected chi connectivity index (χ4v) is 14.6. The molecule has 0 aromatic carbocycles. The van der Waals surface area contributed by atoms with E-state index in [2.05, 4.69) is 41.5 Å². The van der Waals surface area contributed by atoms with Gasteiger partial charge in [-0.1, -0.05) is 34.6 Å². The summed E-state index contributed by atoms with van der Waals surface area (Å²) in [4.78, 5) is 12.9. The molecular formula is C37H56O10. The summed E-state index contributed by atoms with van der Waals surface area (Å²) in [7, 11) is 0. The van der Waals surface area contributed by atoms with Crippen LogP contribution in [0.15, 0.2) is 0 Å². The maximum Gasteiger partial charge on any atom is 0.302 e. The van der Waals surface area contributed by atoms with E-state index in [9.17, 15) is 20.1 Å². The van der Waals surface area contributed by atoms with Gasteiger partial charge in [0.2, 0.25) is 0 Å². The van der Waals surface area contributed by atoms with Crippen LogP contribution in [0.25, 0.3) is 0 Å². The molecule has 9 fully saturated rings. The minimum absolute atomic E-state index is 0.00697. The number of hydrogen-bond acceptors (Lipinski definition) is 10. The number of esters is 1. The van der Waals surface area contributed by atoms with Gasteiger partial charge in [0.15, 0.2) is 12.1 Å². The molecule has 4 aliphatic heterocycles. The first-order valence-electron chi connectivity index (χ1n) is 18.5. The smallest absolute Gasteiger partial charge is 0.302 e. The minimum atomic E-state index is -1.29. The Hall–Kier alpha value is -0.850. The van der Waals surface area contributed by atoms with Crippen LogP contribution >= 0.6 is 0 Å². The van der Waals surface area contributed by atoms with Gasteiger partial charge in [-0.25, -0.2) is 0 Å². The fourth-order valence-electron chi connectivity index (χ4n) is 14.6. The molecule has 4 heterocycles. The lowest BCUT2D eigenvalue weighted by Crippen LogP contribution is -2.64. The van der Waals surface area contributed by atoms with E-state index < -0.39 is 30.4 Å². The van der Waals surface area contributed by atoms with Crippen LogP contribution in [0.4, 0.5) is 0 Å². The average molecular weight is 661 g/mol. The maximum atomic E-state index is 12.9. The Kier molecular flexibility index (Phi) is 6.50. The fraction of sp³-hybridized carbons (Fsp3) is 0.973. The monoisotopic (exact) mass is 660 g/mol. The number of rotatable bonds is 3. The van der Waals surface area contributed by atoms with Crippen LogP contribution in [0.3, 0.4) is 0 Å². The van der Waals surface area contributed by atoms with Crippen molar-refractivity contribution in [1.29, 1.82) is 0 Å². The van der Waals surface area contributed by atoms with Crippen LogP contribution in [0, 0.1) is 50.7 Å². The zero-order valence-electron chi connectivity index (χ0n) is 29.2. The molecule has 264 valence electrons. The molecule has 10 nitrogen and oxygen atoms in total. The van der Waals surface area contributed by atoms with Crippen LogP contribution < -0.4 is 0 Å². The topological polar surface area (TPSA) is 136 Å². The van der Waals surface area contributed by atoms with E-state index in [-0.39, 0.29) is 75.6 Å². The maximum absolute atomic E-state index is 12.9. The summed E-state index contributed by atoms with van der Waals surface area (Å²) in [6.07, 6.45) is 2.89. The summed E-state index contributed by atoms with van der Waals surface area (Å²) in [5, 5.41) is 31.0. The second kappa shape index (κ2) is 9.52. The van der Waals surface area contributed by atoms with Gasteiger partial charge in [0.05, 0.1) is 25.4 Å². The Labute approximate surface area is 278 Å². The highest BCUT2D eigenvalue weighted by molar-refractivity contribution is 5.66. The Morgan fingerprint density at radius 2 is 1.62 bits per heavy atom. The summed E-state index contributed by atoms with van der Waals surface area (Å²) < 4.78 is 38.4. The molecule has 5 saturated carbocycles. The standard InChI is InChI=1S/C37H56O10/c1-18-12-37(30-33(6,47-30)17-43-37)46-21-13-32(5)23-9-8-22-31(3,4)24(45-29-28(41)27(40)20(39)15-42-29)10-11-35(22)16-36(23,35)14-25(44-19(2)38)34(32,7)26(18)21/h18,20-30,39-41H,8-17H2,1-7H3/t18-,20-,21?,22+,23+,24+,25-,26+,27+,28-,29+,30?,32+,33?,34-,35-,36+,37?/m1/s1. The average Bonchev–Trinajstić information content (AvgIpc) is 3.81. The molecule has 5 aliphatic carbocycles. The highest BCUT2D eigenvalue weighted by atomic mass is 16.8. The summed E-state index contributed by atoms with van der Waals surface area (Å²) in [5.74, 6) is 0.642. The zero-order valence-corrected chi connectivity index (χ0v) is 29.2. The molecule has 0 radical (unpaired) electrons. The predicted molar refractivity (Wildman–Crippen MR) is 166 cm³/mol. The second-order valence-corrected chi connectivity index (χ2v) is 18.9. The van der Waals surface area contributed by atoms with Crippen LogP contribution in [-0.2, 0) is 33.2 Å². The summed E-state index contributed by atoms with van der Waals surface area (Å²) in [6.45, 7) is 16.1. The van der Waals surface area contributed by atoms with Gasteiger partial charge in [-0.05, 0) is 97.2 Å². The molecule has 0 amide bonds. The molecule has 3 N–H and O–H groups in total. The van der Waals surface area contributed by atoms with Gasteiger partial charge in [0, 0.05) is 18.8 Å². The van der Waals surface area contributed by atoms with Gasteiger partial charge in [-0.2, -0.15) is 0 Å². The van der Waals surface area contributed by atoms with E-state index in [1.54, 1.807) is 6.92 Å². The summed E-state index contributed by atoms with van der Waals surface area (Å²) >= 11 is 0. The molecule has 0 aromatic heterocycles. The molecule has 0 aromatic rings. The minimum Gasteiger partial charge on any atom is -0.462 e. The Morgan fingerprint density at radius 1 is 0.872 bits per heavy atom. The highest BCUT2D eigenvalue weighted by Crippen LogP contribution is 2.89. The number of aliphatic hydroxyl groups is 3. The molecule has 0 bridgehead atoms. The number of ether oxygens (including phenoxy) is 6. The van der Waals surface area contributed by atoms with Gasteiger partial charge >= 0.3 is 5.97 Å². The zero-order chi connectivity index (χ0) is 33.3. The molecule has 9 rings (SSSR count). The first-order chi connectivity index (χ1) is 22.0. The quantitative estimate of drug-likeness (QED) is 0.234. The Bertz CT molecular complexity index is 1360. The lowest BCUT2D eigenvalue weighted by molar-refractivity contribution is -0.309. The largest absolute Gasteiger partial charge is 0.462 e. The Morgan fingerprint density at radius 3 is 2.30 bits per heavy atom. The van der Waals surface area contributed by atoms with E-state index in [0.29, 0.717) is 24.4 Å². The number of hydrogen-bond donors (Lipinski definition) is 3. The number of aliphatic hydroxyl groups excluding tert-OH is 3. The van der Waals surface area contributed by atoms with Crippen molar-refractivity contribution in [1.82, 2.24) is 0 Å². The lowest BCUT2D eigenvalue weighted by atomic mass is 9.41. The molecule has 3 spiro atoms. The summed E-state index contributed by atoms with van der Waals surface area (Å²) in [6, 6.07) is 0. The third-order valence-corrected chi connectivity index (χ3v) is 16.6. The van der Waals surface area contributed by atoms with Crippen molar-refractivity contribution in [2.24, 2.45) is 50.7 Å². The number of fused-ring (bicyclic) bond motifs is 6. The molecule has 10 heteroatoms. The van der Waals surface area contributed by atoms with E-state index in [4.69, 9.17) is 28.4 Å². The van der Waals surface area contributed by atoms with Crippen molar-refractivity contribution in [3.8, 4) is 0 Å². The van der Waals surface area contributed by atoms with Crippen LogP contribution in [-0.4, -0.2) is 94.9 Å². The van der Waals surface area contributed by atoms with E-state index >= 15 is 0 Å². The molecule has 47 heavy (non-hydrogen) atoms. The van der Waals surface area contributed by atoms with Gasteiger partial charge in [0.1, 0.15) is 36.1 Å². The Balaban J connectivity index is 1.03. The van der Waals surface area contributed by atoms with Gasteiger partial charge in [-0.15, -0.1) is 0 Å². The molecule has 18 atom stereocenters.